The van der Waals surface area contributed by atoms with Gasteiger partial charge < -0.3 is 10.2 Å². The Morgan fingerprint density at radius 3 is 2.65 bits per heavy atom. The molecule has 17 heavy (non-hydrogen) atoms. The molecule has 1 heterocycles. The summed E-state index contributed by atoms with van der Waals surface area (Å²) in [6.07, 6.45) is 0. The fourth-order valence-electron chi connectivity index (χ4n) is 1.74. The zero-order chi connectivity index (χ0) is 11.5. The molecular weight excluding hydrogens is 243 g/mol. The quantitative estimate of drug-likeness (QED) is 0.890. The van der Waals surface area contributed by atoms with Crippen molar-refractivity contribution in [3.8, 4) is 0 Å². The van der Waals surface area contributed by atoms with Gasteiger partial charge in [0, 0.05) is 32.2 Å². The van der Waals surface area contributed by atoms with Crippen LogP contribution in [0.3, 0.4) is 0 Å². The monoisotopic (exact) mass is 258 g/mol. The van der Waals surface area contributed by atoms with E-state index in [2.05, 4.69) is 5.32 Å². The van der Waals surface area contributed by atoms with Crippen LogP contribution in [0.25, 0.3) is 0 Å². The molecule has 5 heteroatoms. The lowest BCUT2D eigenvalue weighted by molar-refractivity contribution is -0.136. The molecule has 0 saturated carbocycles. The Balaban J connectivity index is 0.00000144. The summed E-state index contributed by atoms with van der Waals surface area (Å²) in [5.74, 6) is -0.104. The number of carbonyl (C=O) groups excluding carboxylic acids is 1. The summed E-state index contributed by atoms with van der Waals surface area (Å²) in [4.78, 5) is 13.4. The van der Waals surface area contributed by atoms with Crippen molar-refractivity contribution < 1.29 is 9.18 Å². The van der Waals surface area contributed by atoms with Crippen LogP contribution in [0, 0.1) is 11.7 Å². The molecule has 94 valence electrons. The van der Waals surface area contributed by atoms with Crippen LogP contribution in [0.4, 0.5) is 4.39 Å². The van der Waals surface area contributed by atoms with E-state index < -0.39 is 0 Å². The average molecular weight is 259 g/mol. The first-order chi connectivity index (χ1) is 7.68. The van der Waals surface area contributed by atoms with Crippen molar-refractivity contribution in [2.24, 2.45) is 5.92 Å². The van der Waals surface area contributed by atoms with Gasteiger partial charge in [0.1, 0.15) is 5.82 Å². The van der Waals surface area contributed by atoms with Crippen LogP contribution in [0.5, 0.6) is 0 Å². The van der Waals surface area contributed by atoms with Crippen LogP contribution in [-0.2, 0) is 11.3 Å². The third kappa shape index (κ3) is 3.17. The summed E-state index contributed by atoms with van der Waals surface area (Å²) in [5, 5.41) is 3.05. The Morgan fingerprint density at radius 1 is 1.47 bits per heavy atom. The predicted molar refractivity (Wildman–Crippen MR) is 66.5 cm³/mol. The van der Waals surface area contributed by atoms with Gasteiger partial charge in [0.25, 0.3) is 0 Å². The molecule has 1 N–H and O–H groups in total. The Hall–Kier alpha value is -1.13. The minimum atomic E-state index is -0.256. The summed E-state index contributed by atoms with van der Waals surface area (Å²) in [6.45, 7) is 1.81. The number of rotatable bonds is 3. The third-order valence-corrected chi connectivity index (χ3v) is 2.87. The van der Waals surface area contributed by atoms with Gasteiger partial charge in [-0.2, -0.15) is 0 Å². The maximum atomic E-state index is 13.4. The fourth-order valence-corrected chi connectivity index (χ4v) is 1.74. The van der Waals surface area contributed by atoms with Gasteiger partial charge in [0.2, 0.25) is 5.91 Å². The molecule has 0 aliphatic carbocycles. The second-order valence-corrected chi connectivity index (χ2v) is 4.14. The molecule has 1 aliphatic rings. The topological polar surface area (TPSA) is 32.3 Å². The van der Waals surface area contributed by atoms with E-state index in [1.807, 2.05) is 0 Å². The van der Waals surface area contributed by atoms with Crippen molar-refractivity contribution in [3.63, 3.8) is 0 Å². The van der Waals surface area contributed by atoms with Gasteiger partial charge in [-0.15, -0.1) is 12.4 Å². The molecular formula is C12H16ClFN2O. The summed E-state index contributed by atoms with van der Waals surface area (Å²) in [6, 6.07) is 6.55. The maximum absolute atomic E-state index is 13.4. The number of halogens is 2. The highest BCUT2D eigenvalue weighted by atomic mass is 35.5. The largest absolute Gasteiger partial charge is 0.341 e. The van der Waals surface area contributed by atoms with Crippen LogP contribution < -0.4 is 5.32 Å². The lowest BCUT2D eigenvalue weighted by Gasteiger charge is -2.30. The number of nitrogens with one attached hydrogen (secondary N) is 1. The number of nitrogens with zero attached hydrogens (tertiary/aromatic N) is 1. The molecule has 0 spiro atoms. The Labute approximate surface area is 106 Å². The van der Waals surface area contributed by atoms with Crippen molar-refractivity contribution >= 4 is 18.3 Å². The SMILES string of the molecule is CN(Cc1ccccc1F)C(=O)C1CNC1.Cl. The third-order valence-electron chi connectivity index (χ3n) is 2.87. The zero-order valence-electron chi connectivity index (χ0n) is 9.65. The highest BCUT2D eigenvalue weighted by Gasteiger charge is 2.27. The second kappa shape index (κ2) is 5.98. The molecule has 2 rings (SSSR count). The summed E-state index contributed by atoms with van der Waals surface area (Å²) >= 11 is 0. The second-order valence-electron chi connectivity index (χ2n) is 4.14. The van der Waals surface area contributed by atoms with Crippen molar-refractivity contribution in [2.75, 3.05) is 20.1 Å². The molecule has 0 bridgehead atoms. The molecule has 1 aromatic carbocycles. The first-order valence-corrected chi connectivity index (χ1v) is 5.37. The summed E-state index contributed by atoms with van der Waals surface area (Å²) < 4.78 is 13.4. The van der Waals surface area contributed by atoms with Gasteiger partial charge in [0.05, 0.1) is 5.92 Å². The Bertz CT molecular complexity index is 396. The first-order valence-electron chi connectivity index (χ1n) is 5.37. The minimum absolute atomic E-state index is 0. The molecule has 1 fully saturated rings. The van der Waals surface area contributed by atoms with Crippen molar-refractivity contribution in [2.45, 2.75) is 6.54 Å². The lowest BCUT2D eigenvalue weighted by Crippen LogP contribution is -2.51. The molecule has 3 nitrogen and oxygen atoms in total. The zero-order valence-corrected chi connectivity index (χ0v) is 10.5. The van der Waals surface area contributed by atoms with Crippen LogP contribution in [-0.4, -0.2) is 30.9 Å². The maximum Gasteiger partial charge on any atom is 0.228 e. The molecule has 1 saturated heterocycles. The van der Waals surface area contributed by atoms with Crippen molar-refractivity contribution in [1.29, 1.82) is 0 Å². The van der Waals surface area contributed by atoms with E-state index >= 15 is 0 Å². The van der Waals surface area contributed by atoms with Crippen LogP contribution in [0.2, 0.25) is 0 Å². The van der Waals surface area contributed by atoms with E-state index in [4.69, 9.17) is 0 Å². The van der Waals surface area contributed by atoms with E-state index in [1.165, 1.54) is 6.07 Å². The lowest BCUT2D eigenvalue weighted by atomic mass is 10.0. The van der Waals surface area contributed by atoms with E-state index in [0.29, 0.717) is 12.1 Å². The summed E-state index contributed by atoms with van der Waals surface area (Å²) in [5.41, 5.74) is 0.561. The Morgan fingerprint density at radius 2 is 2.12 bits per heavy atom. The normalized spacial score (nSPS) is 14.7. The van der Waals surface area contributed by atoms with E-state index in [1.54, 1.807) is 30.1 Å². The van der Waals surface area contributed by atoms with Gasteiger partial charge in [-0.25, -0.2) is 4.39 Å². The highest BCUT2D eigenvalue weighted by molar-refractivity contribution is 5.85. The molecule has 1 amide bonds. The van der Waals surface area contributed by atoms with Crippen molar-refractivity contribution in [3.05, 3.63) is 35.6 Å². The van der Waals surface area contributed by atoms with E-state index in [0.717, 1.165) is 13.1 Å². The van der Waals surface area contributed by atoms with Gasteiger partial charge >= 0.3 is 0 Å². The number of hydrogen-bond acceptors (Lipinski definition) is 2. The van der Waals surface area contributed by atoms with Gasteiger partial charge in [-0.05, 0) is 6.07 Å². The number of carbonyl (C=O) groups is 1. The van der Waals surface area contributed by atoms with Gasteiger partial charge in [-0.3, -0.25) is 4.79 Å². The number of amides is 1. The van der Waals surface area contributed by atoms with E-state index in [-0.39, 0.29) is 30.0 Å². The highest BCUT2D eigenvalue weighted by Crippen LogP contribution is 2.12. The standard InChI is InChI=1S/C12H15FN2O.ClH/c1-15(12(16)10-6-14-7-10)8-9-4-2-3-5-11(9)13;/h2-5,10,14H,6-8H2,1H3;1H. The summed E-state index contributed by atoms with van der Waals surface area (Å²) in [7, 11) is 1.72. The number of benzene rings is 1. The van der Waals surface area contributed by atoms with Crippen molar-refractivity contribution in [1.82, 2.24) is 10.2 Å². The molecule has 0 radical (unpaired) electrons. The molecule has 0 aromatic heterocycles. The molecule has 1 aromatic rings. The van der Waals surface area contributed by atoms with Crippen LogP contribution in [0.15, 0.2) is 24.3 Å². The van der Waals surface area contributed by atoms with Crippen LogP contribution >= 0.6 is 12.4 Å². The van der Waals surface area contributed by atoms with Gasteiger partial charge in [-0.1, -0.05) is 18.2 Å². The first kappa shape index (κ1) is 13.9. The molecule has 1 aliphatic heterocycles. The fraction of sp³-hybridized carbons (Fsp3) is 0.417. The van der Waals surface area contributed by atoms with Crippen LogP contribution in [0.1, 0.15) is 5.56 Å². The molecule has 0 unspecified atom stereocenters. The molecule has 0 atom stereocenters. The van der Waals surface area contributed by atoms with Gasteiger partial charge in [0.15, 0.2) is 0 Å². The number of hydrogen-bond donors (Lipinski definition) is 1. The average Bonchev–Trinajstić information content (AvgIpc) is 2.18. The predicted octanol–water partition coefficient (Wildman–Crippen LogP) is 1.43. The smallest absolute Gasteiger partial charge is 0.228 e. The van der Waals surface area contributed by atoms with E-state index in [9.17, 15) is 9.18 Å². The Kier molecular flexibility index (Phi) is 4.90. The minimum Gasteiger partial charge on any atom is -0.341 e.